The molecule has 5 nitrogen and oxygen atoms in total. The Bertz CT molecular complexity index is 1050. The molecule has 5 heteroatoms. The molecule has 0 bridgehead atoms. The third kappa shape index (κ3) is 6.64. The molecule has 0 fully saturated rings. The van der Waals surface area contributed by atoms with E-state index in [0.29, 0.717) is 11.3 Å². The number of carbonyl (C=O) groups is 2. The van der Waals surface area contributed by atoms with Gasteiger partial charge in [0.25, 0.3) is 0 Å². The van der Waals surface area contributed by atoms with Crippen LogP contribution in [0.3, 0.4) is 0 Å². The van der Waals surface area contributed by atoms with E-state index in [4.69, 9.17) is 4.74 Å². The van der Waals surface area contributed by atoms with Crippen molar-refractivity contribution < 1.29 is 14.3 Å². The molecule has 158 valence electrons. The van der Waals surface area contributed by atoms with Crippen molar-refractivity contribution in [3.05, 3.63) is 101 Å². The van der Waals surface area contributed by atoms with Gasteiger partial charge in [0, 0.05) is 0 Å². The van der Waals surface area contributed by atoms with Crippen molar-refractivity contribution in [2.45, 2.75) is 32.6 Å². The van der Waals surface area contributed by atoms with E-state index in [1.165, 1.54) is 0 Å². The molecule has 0 unspecified atom stereocenters. The minimum atomic E-state index is -0.407. The summed E-state index contributed by atoms with van der Waals surface area (Å²) >= 11 is 0. The number of hydrogen-bond acceptors (Lipinski definition) is 4. The number of hydrazone groups is 1. The van der Waals surface area contributed by atoms with E-state index in [-0.39, 0.29) is 17.7 Å². The first-order valence-electron chi connectivity index (χ1n) is 10.1. The van der Waals surface area contributed by atoms with Crippen LogP contribution in [0.5, 0.6) is 5.75 Å². The molecular weight excluding hydrogens is 388 g/mol. The SMILES string of the molecule is CC(C)(C)c1ccc(C(=O)Oc2ccc(/C=N\NC(=O)Cc3ccccc3)cc2)cc1. The van der Waals surface area contributed by atoms with E-state index < -0.39 is 5.97 Å². The zero-order valence-corrected chi connectivity index (χ0v) is 18.0. The molecular formula is C26H26N2O3. The van der Waals surface area contributed by atoms with Gasteiger partial charge >= 0.3 is 5.97 Å². The van der Waals surface area contributed by atoms with E-state index in [1.807, 2.05) is 42.5 Å². The average Bonchev–Trinajstić information content (AvgIpc) is 2.75. The highest BCUT2D eigenvalue weighted by Gasteiger charge is 2.15. The Hall–Kier alpha value is -3.73. The summed E-state index contributed by atoms with van der Waals surface area (Å²) in [6.45, 7) is 6.37. The van der Waals surface area contributed by atoms with Crippen molar-refractivity contribution in [2.75, 3.05) is 0 Å². The third-order valence-corrected chi connectivity index (χ3v) is 4.69. The van der Waals surface area contributed by atoms with Crippen molar-refractivity contribution in [3.63, 3.8) is 0 Å². The minimum Gasteiger partial charge on any atom is -0.423 e. The molecule has 0 aliphatic heterocycles. The van der Waals surface area contributed by atoms with Crippen LogP contribution in [0.25, 0.3) is 0 Å². The first kappa shape index (κ1) is 22.0. The summed E-state index contributed by atoms with van der Waals surface area (Å²) in [7, 11) is 0. The standard InChI is InChI=1S/C26H26N2O3/c1-26(2,3)22-13-11-21(12-14-22)25(30)31-23-15-9-20(10-16-23)18-27-28-24(29)17-19-7-5-4-6-8-19/h4-16,18H,17H2,1-3H3,(H,28,29)/b27-18-. The summed E-state index contributed by atoms with van der Waals surface area (Å²) in [6.07, 6.45) is 1.81. The molecule has 0 aliphatic rings. The Balaban J connectivity index is 1.52. The first-order chi connectivity index (χ1) is 14.8. The Morgan fingerprint density at radius 3 is 2.16 bits per heavy atom. The van der Waals surface area contributed by atoms with Crippen molar-refractivity contribution in [3.8, 4) is 5.75 Å². The summed E-state index contributed by atoms with van der Waals surface area (Å²) in [5.41, 5.74) is 5.89. The molecule has 0 spiro atoms. The van der Waals surface area contributed by atoms with Crippen molar-refractivity contribution in [1.82, 2.24) is 5.43 Å². The van der Waals surface area contributed by atoms with Gasteiger partial charge in [-0.25, -0.2) is 10.2 Å². The van der Waals surface area contributed by atoms with E-state index >= 15 is 0 Å². The van der Waals surface area contributed by atoms with E-state index in [0.717, 1.165) is 16.7 Å². The number of nitrogens with zero attached hydrogens (tertiary/aromatic N) is 1. The van der Waals surface area contributed by atoms with Gasteiger partial charge in [-0.05, 0) is 58.5 Å². The summed E-state index contributed by atoms with van der Waals surface area (Å²) in [6, 6.07) is 23.8. The molecule has 1 amide bonds. The predicted molar refractivity (Wildman–Crippen MR) is 122 cm³/mol. The van der Waals surface area contributed by atoms with E-state index in [2.05, 4.69) is 31.3 Å². The number of ether oxygens (including phenoxy) is 1. The average molecular weight is 415 g/mol. The van der Waals surface area contributed by atoms with Gasteiger partial charge in [0.05, 0.1) is 18.2 Å². The maximum atomic E-state index is 12.4. The molecule has 3 rings (SSSR count). The van der Waals surface area contributed by atoms with Crippen LogP contribution < -0.4 is 10.2 Å². The van der Waals surface area contributed by atoms with Crippen LogP contribution in [0.15, 0.2) is 84.0 Å². The van der Waals surface area contributed by atoms with Gasteiger partial charge in [-0.3, -0.25) is 4.79 Å². The Kier molecular flexibility index (Phi) is 6.98. The lowest BCUT2D eigenvalue weighted by molar-refractivity contribution is -0.120. The molecule has 0 aromatic heterocycles. The number of benzene rings is 3. The molecule has 0 saturated heterocycles. The molecule has 0 aliphatic carbocycles. The van der Waals surface area contributed by atoms with Crippen molar-refractivity contribution in [2.24, 2.45) is 5.10 Å². The number of esters is 1. The maximum Gasteiger partial charge on any atom is 0.343 e. The normalized spacial score (nSPS) is 11.3. The lowest BCUT2D eigenvalue weighted by Crippen LogP contribution is -2.19. The van der Waals surface area contributed by atoms with Gasteiger partial charge in [-0.15, -0.1) is 0 Å². The van der Waals surface area contributed by atoms with Crippen LogP contribution in [0, 0.1) is 0 Å². The second-order valence-corrected chi connectivity index (χ2v) is 8.24. The fourth-order valence-electron chi connectivity index (χ4n) is 2.89. The number of amides is 1. The smallest absolute Gasteiger partial charge is 0.343 e. The Labute approximate surface area is 182 Å². The number of carbonyl (C=O) groups excluding carboxylic acids is 2. The van der Waals surface area contributed by atoms with Gasteiger partial charge < -0.3 is 4.74 Å². The maximum absolute atomic E-state index is 12.4. The lowest BCUT2D eigenvalue weighted by Gasteiger charge is -2.18. The number of rotatable bonds is 6. The van der Waals surface area contributed by atoms with Crippen LogP contribution in [0.1, 0.15) is 47.8 Å². The van der Waals surface area contributed by atoms with Gasteiger partial charge in [0.1, 0.15) is 5.75 Å². The molecule has 3 aromatic rings. The summed E-state index contributed by atoms with van der Waals surface area (Å²) in [4.78, 5) is 24.3. The van der Waals surface area contributed by atoms with Gasteiger partial charge in [0.15, 0.2) is 0 Å². The summed E-state index contributed by atoms with van der Waals surface area (Å²) in [5.74, 6) is -0.157. The van der Waals surface area contributed by atoms with Crippen LogP contribution in [-0.2, 0) is 16.6 Å². The van der Waals surface area contributed by atoms with Crippen LogP contribution in [0.2, 0.25) is 0 Å². The predicted octanol–water partition coefficient (Wildman–Crippen LogP) is 4.90. The fourth-order valence-corrected chi connectivity index (χ4v) is 2.89. The van der Waals surface area contributed by atoms with E-state index in [9.17, 15) is 9.59 Å². The van der Waals surface area contributed by atoms with Gasteiger partial charge in [-0.2, -0.15) is 5.10 Å². The lowest BCUT2D eigenvalue weighted by atomic mass is 9.87. The molecule has 0 atom stereocenters. The quantitative estimate of drug-likeness (QED) is 0.270. The Morgan fingerprint density at radius 1 is 0.903 bits per heavy atom. The van der Waals surface area contributed by atoms with Crippen molar-refractivity contribution in [1.29, 1.82) is 0 Å². The number of hydrogen-bond donors (Lipinski definition) is 1. The van der Waals surface area contributed by atoms with Crippen LogP contribution >= 0.6 is 0 Å². The Morgan fingerprint density at radius 2 is 1.55 bits per heavy atom. The molecule has 3 aromatic carbocycles. The third-order valence-electron chi connectivity index (χ3n) is 4.69. The molecule has 0 saturated carbocycles. The second-order valence-electron chi connectivity index (χ2n) is 8.24. The van der Waals surface area contributed by atoms with Crippen LogP contribution in [-0.4, -0.2) is 18.1 Å². The monoisotopic (exact) mass is 414 g/mol. The second kappa shape index (κ2) is 9.85. The summed E-state index contributed by atoms with van der Waals surface area (Å²) in [5, 5.41) is 3.97. The van der Waals surface area contributed by atoms with Gasteiger partial charge in [-0.1, -0.05) is 63.2 Å². The highest BCUT2D eigenvalue weighted by atomic mass is 16.5. The topological polar surface area (TPSA) is 67.8 Å². The minimum absolute atomic E-state index is 0.0286. The van der Waals surface area contributed by atoms with Crippen molar-refractivity contribution >= 4 is 18.1 Å². The zero-order valence-electron chi connectivity index (χ0n) is 18.0. The van der Waals surface area contributed by atoms with E-state index in [1.54, 1.807) is 42.6 Å². The molecule has 31 heavy (non-hydrogen) atoms. The van der Waals surface area contributed by atoms with Crippen LogP contribution in [0.4, 0.5) is 0 Å². The first-order valence-corrected chi connectivity index (χ1v) is 10.1. The number of nitrogens with one attached hydrogen (secondary N) is 1. The summed E-state index contributed by atoms with van der Waals surface area (Å²) < 4.78 is 5.44. The zero-order chi connectivity index (χ0) is 22.3. The molecule has 1 N–H and O–H groups in total. The highest BCUT2D eigenvalue weighted by molar-refractivity contribution is 5.91. The highest BCUT2D eigenvalue weighted by Crippen LogP contribution is 2.22. The van der Waals surface area contributed by atoms with Gasteiger partial charge in [0.2, 0.25) is 5.91 Å². The fraction of sp³-hybridized carbons (Fsp3) is 0.192. The molecule has 0 radical (unpaired) electrons. The molecule has 0 heterocycles. The largest absolute Gasteiger partial charge is 0.423 e.